The van der Waals surface area contributed by atoms with Crippen molar-refractivity contribution in [2.24, 2.45) is 0 Å². The van der Waals surface area contributed by atoms with Crippen molar-refractivity contribution < 1.29 is 38.3 Å². The molecule has 0 heterocycles. The molecule has 4 aromatic carbocycles. The van der Waals surface area contributed by atoms with Gasteiger partial charge in [-0.05, 0) is 96.5 Å². The zero-order chi connectivity index (χ0) is 44.3. The Morgan fingerprint density at radius 1 is 0.467 bits per heavy atom. The van der Waals surface area contributed by atoms with Gasteiger partial charge in [-0.15, -0.1) is 0 Å². The van der Waals surface area contributed by atoms with Crippen molar-refractivity contribution in [3.63, 3.8) is 0 Å². The molecule has 4 aromatic rings. The summed E-state index contributed by atoms with van der Waals surface area (Å²) in [5.41, 5.74) is 8.73. The molecule has 8 heteroatoms. The molecular weight excluding hydrogens is 753 g/mol. The highest BCUT2D eigenvalue weighted by Crippen LogP contribution is 2.36. The smallest absolute Gasteiger partial charge is 0.308 e. The molecule has 0 aliphatic heterocycles. The van der Waals surface area contributed by atoms with Gasteiger partial charge in [0.15, 0.2) is 0 Å². The van der Waals surface area contributed by atoms with Gasteiger partial charge in [-0.1, -0.05) is 126 Å². The van der Waals surface area contributed by atoms with Crippen LogP contribution < -0.4 is 14.2 Å². The third-order valence-corrected chi connectivity index (χ3v) is 10.4. The number of esters is 1. The zero-order valence-corrected chi connectivity index (χ0v) is 38.8. The van der Waals surface area contributed by atoms with Crippen molar-refractivity contribution in [2.75, 3.05) is 52.9 Å². The third kappa shape index (κ3) is 15.0. The van der Waals surface area contributed by atoms with Crippen LogP contribution >= 0.6 is 0 Å². The molecule has 0 aliphatic rings. The van der Waals surface area contributed by atoms with Crippen molar-refractivity contribution in [1.29, 1.82) is 0 Å². The van der Waals surface area contributed by atoms with E-state index in [1.807, 2.05) is 24.3 Å². The first kappa shape index (κ1) is 48.3. The zero-order valence-electron chi connectivity index (χ0n) is 38.8. The lowest BCUT2D eigenvalue weighted by molar-refractivity contribution is -0.131. The van der Waals surface area contributed by atoms with E-state index < -0.39 is 0 Å². The fourth-order valence-corrected chi connectivity index (χ4v) is 6.89. The number of hydrogen-bond acceptors (Lipinski definition) is 8. The van der Waals surface area contributed by atoms with Gasteiger partial charge >= 0.3 is 5.97 Å². The van der Waals surface area contributed by atoms with Crippen LogP contribution in [0.25, 0.3) is 0 Å². The maximum absolute atomic E-state index is 11.7. The molecule has 0 saturated heterocycles. The van der Waals surface area contributed by atoms with E-state index in [4.69, 9.17) is 28.4 Å². The Labute approximate surface area is 360 Å². The fourth-order valence-electron chi connectivity index (χ4n) is 6.89. The average molecular weight is 825 g/mol. The summed E-state index contributed by atoms with van der Waals surface area (Å²) in [5, 5.41) is 10.7. The number of phenolic OH excluding ortho intramolecular Hbond substituents is 1. The molecule has 328 valence electrons. The average Bonchev–Trinajstić information content (AvgIpc) is 3.13. The normalized spacial score (nSPS) is 12.4. The quantitative estimate of drug-likeness (QED) is 0.0568. The first-order valence-corrected chi connectivity index (χ1v) is 21.4. The minimum atomic E-state index is -0.339. The molecule has 0 radical (unpaired) electrons. The molecule has 60 heavy (non-hydrogen) atoms. The summed E-state index contributed by atoms with van der Waals surface area (Å²) in [6, 6.07) is 24.6. The minimum absolute atomic E-state index is 0.0194. The molecule has 0 amide bonds. The number of carbonyl (C=O) groups is 1. The van der Waals surface area contributed by atoms with Gasteiger partial charge in [-0.25, -0.2) is 0 Å². The van der Waals surface area contributed by atoms with Gasteiger partial charge in [-0.3, -0.25) is 4.79 Å². The van der Waals surface area contributed by atoms with Crippen LogP contribution in [0.5, 0.6) is 23.0 Å². The maximum atomic E-state index is 11.7. The standard InChI is InChI=1S/C52H72O8/c1-36(53)60-44-17-18-45(52(11,12)13)37(35-44)30-39-33-42(50(5,6)7)15-20-47(39)58-28-26-56-24-22-55-23-25-57-27-29-59-48-21-16-43(51(8,9)10)34-40(48)31-38-32-41(49(2,3)4)14-19-46(38)54/h14-21,32-35,54H,22-31H2,1-13H3. The molecule has 8 nitrogen and oxygen atoms in total. The first-order chi connectivity index (χ1) is 28.0. The Morgan fingerprint density at radius 2 is 0.867 bits per heavy atom. The summed E-state index contributed by atoms with van der Waals surface area (Å²) >= 11 is 0. The predicted octanol–water partition coefficient (Wildman–Crippen LogP) is 11.2. The number of phenols is 1. The van der Waals surface area contributed by atoms with Crippen LogP contribution in [0.15, 0.2) is 72.8 Å². The lowest BCUT2D eigenvalue weighted by Crippen LogP contribution is -2.17. The summed E-state index contributed by atoms with van der Waals surface area (Å²) in [6.07, 6.45) is 1.20. The van der Waals surface area contributed by atoms with E-state index in [0.29, 0.717) is 77.2 Å². The van der Waals surface area contributed by atoms with Gasteiger partial charge in [-0.2, -0.15) is 0 Å². The highest BCUT2D eigenvalue weighted by atomic mass is 16.6. The Hall–Kier alpha value is -4.37. The van der Waals surface area contributed by atoms with Gasteiger partial charge < -0.3 is 33.5 Å². The van der Waals surface area contributed by atoms with Crippen molar-refractivity contribution in [3.05, 3.63) is 117 Å². The summed E-state index contributed by atoms with van der Waals surface area (Å²) in [5.74, 6) is 2.10. The van der Waals surface area contributed by atoms with E-state index in [2.05, 4.69) is 126 Å². The molecular formula is C52H72O8. The highest BCUT2D eigenvalue weighted by molar-refractivity contribution is 5.69. The molecule has 0 aromatic heterocycles. The summed E-state index contributed by atoms with van der Waals surface area (Å²) in [6.45, 7) is 31.2. The second-order valence-electron chi connectivity index (χ2n) is 19.8. The molecule has 0 aliphatic carbocycles. The summed E-state index contributed by atoms with van der Waals surface area (Å²) in [4.78, 5) is 11.7. The molecule has 1 N–H and O–H groups in total. The molecule has 4 rings (SSSR count). The number of carbonyl (C=O) groups excluding carboxylic acids is 1. The van der Waals surface area contributed by atoms with Crippen LogP contribution in [-0.4, -0.2) is 63.9 Å². The minimum Gasteiger partial charge on any atom is -0.508 e. The summed E-state index contributed by atoms with van der Waals surface area (Å²) < 4.78 is 35.4. The third-order valence-electron chi connectivity index (χ3n) is 10.4. The van der Waals surface area contributed by atoms with Crippen molar-refractivity contribution in [2.45, 2.75) is 125 Å². The van der Waals surface area contributed by atoms with Crippen molar-refractivity contribution >= 4 is 5.97 Å². The van der Waals surface area contributed by atoms with E-state index in [9.17, 15) is 9.90 Å². The first-order valence-electron chi connectivity index (χ1n) is 21.4. The van der Waals surface area contributed by atoms with Crippen LogP contribution in [0, 0.1) is 0 Å². The van der Waals surface area contributed by atoms with E-state index >= 15 is 0 Å². The lowest BCUT2D eigenvalue weighted by Gasteiger charge is -2.25. The SMILES string of the molecule is CC(=O)Oc1ccc(C(C)(C)C)c(Cc2cc(C(C)(C)C)ccc2OCCOCCOCCOCCOc2ccc(C(C)(C)C)cc2Cc2cc(C(C)(C)C)ccc2O)c1. The van der Waals surface area contributed by atoms with Crippen molar-refractivity contribution in [3.8, 4) is 23.0 Å². The van der Waals surface area contributed by atoms with Crippen LogP contribution in [0.3, 0.4) is 0 Å². The van der Waals surface area contributed by atoms with Crippen molar-refractivity contribution in [1.82, 2.24) is 0 Å². The Morgan fingerprint density at radius 3 is 1.28 bits per heavy atom. The van der Waals surface area contributed by atoms with Gasteiger partial charge in [0.25, 0.3) is 0 Å². The Balaban J connectivity index is 1.21. The number of hydrogen-bond donors (Lipinski definition) is 1. The van der Waals surface area contributed by atoms with Crippen LogP contribution in [0.2, 0.25) is 0 Å². The number of ether oxygens (including phenoxy) is 6. The fraction of sp³-hybridized carbons (Fsp3) is 0.519. The molecule has 0 fully saturated rings. The van der Waals surface area contributed by atoms with Crippen LogP contribution in [-0.2, 0) is 53.5 Å². The monoisotopic (exact) mass is 825 g/mol. The molecule has 0 spiro atoms. The summed E-state index contributed by atoms with van der Waals surface area (Å²) in [7, 11) is 0. The van der Waals surface area contributed by atoms with E-state index in [1.54, 1.807) is 6.07 Å². The Bertz CT molecular complexity index is 2000. The second kappa shape index (κ2) is 20.9. The number of aromatic hydroxyl groups is 1. The number of rotatable bonds is 19. The molecule has 0 bridgehead atoms. The number of benzene rings is 4. The topological polar surface area (TPSA) is 92.7 Å². The predicted molar refractivity (Wildman–Crippen MR) is 243 cm³/mol. The molecule has 0 saturated carbocycles. The Kier molecular flexibility index (Phi) is 16.9. The van der Waals surface area contributed by atoms with Gasteiger partial charge in [0.05, 0.1) is 39.6 Å². The van der Waals surface area contributed by atoms with E-state index in [1.165, 1.54) is 29.2 Å². The van der Waals surface area contributed by atoms with E-state index in [-0.39, 0.29) is 27.6 Å². The molecule has 0 atom stereocenters. The van der Waals surface area contributed by atoms with Crippen LogP contribution in [0.1, 0.15) is 135 Å². The van der Waals surface area contributed by atoms with Gasteiger partial charge in [0, 0.05) is 19.8 Å². The highest BCUT2D eigenvalue weighted by Gasteiger charge is 2.23. The second-order valence-corrected chi connectivity index (χ2v) is 19.8. The van der Waals surface area contributed by atoms with E-state index in [0.717, 1.165) is 33.8 Å². The lowest BCUT2D eigenvalue weighted by atomic mass is 9.81. The van der Waals surface area contributed by atoms with Gasteiger partial charge in [0.1, 0.15) is 36.2 Å². The maximum Gasteiger partial charge on any atom is 0.308 e. The van der Waals surface area contributed by atoms with Gasteiger partial charge in [0.2, 0.25) is 0 Å². The largest absolute Gasteiger partial charge is 0.508 e. The molecule has 0 unspecified atom stereocenters. The van der Waals surface area contributed by atoms with Crippen LogP contribution in [0.4, 0.5) is 0 Å².